The minimum Gasteiger partial charge on any atom is -0.396 e. The van der Waals surface area contributed by atoms with Gasteiger partial charge in [-0.3, -0.25) is 14.9 Å². The molecule has 1 aliphatic rings. The van der Waals surface area contributed by atoms with E-state index in [1.807, 2.05) is 17.5 Å². The zero-order valence-corrected chi connectivity index (χ0v) is 9.43. The molecule has 2 amide bonds. The van der Waals surface area contributed by atoms with Crippen molar-refractivity contribution < 1.29 is 14.7 Å². The van der Waals surface area contributed by atoms with Gasteiger partial charge in [0.2, 0.25) is 11.8 Å². The van der Waals surface area contributed by atoms with Gasteiger partial charge < -0.3 is 5.11 Å². The topological polar surface area (TPSA) is 114 Å². The van der Waals surface area contributed by atoms with Crippen LogP contribution in [0, 0.1) is 39.9 Å². The van der Waals surface area contributed by atoms with Gasteiger partial charge in [0.15, 0.2) is 0 Å². The molecule has 2 unspecified atom stereocenters. The Kier molecular flexibility index (Phi) is 3.82. The highest BCUT2D eigenvalue weighted by Crippen LogP contribution is 2.42. The summed E-state index contributed by atoms with van der Waals surface area (Å²) in [6, 6.07) is 3.68. The number of nitrogens with one attached hydrogen (secondary N) is 1. The number of imide groups is 1. The van der Waals surface area contributed by atoms with Crippen LogP contribution < -0.4 is 5.32 Å². The van der Waals surface area contributed by atoms with E-state index in [0.29, 0.717) is 6.42 Å². The summed E-state index contributed by atoms with van der Waals surface area (Å²) in [5.74, 6) is -3.42. The van der Waals surface area contributed by atoms with E-state index in [9.17, 15) is 9.59 Å². The Balaban J connectivity index is 3.14. The standard InChI is InChI=1S/C11H13N3O3/c1-11(3-2-4-15)7(5-12)9(16)14-10(17)8(11)6-13/h7-8,15H,2-4H2,1H3,(H,14,16,17). The first-order valence-corrected chi connectivity index (χ1v) is 5.26. The first kappa shape index (κ1) is 13.1. The summed E-state index contributed by atoms with van der Waals surface area (Å²) in [5, 5.41) is 28.8. The normalized spacial score (nSPS) is 32.5. The maximum Gasteiger partial charge on any atom is 0.244 e. The lowest BCUT2D eigenvalue weighted by molar-refractivity contribution is -0.144. The van der Waals surface area contributed by atoms with Gasteiger partial charge in [0.05, 0.1) is 12.1 Å². The molecule has 1 aliphatic heterocycles. The molecule has 1 rings (SSSR count). The largest absolute Gasteiger partial charge is 0.396 e. The van der Waals surface area contributed by atoms with Gasteiger partial charge in [-0.1, -0.05) is 6.92 Å². The molecule has 0 radical (unpaired) electrons. The second-order valence-electron chi connectivity index (χ2n) is 4.31. The van der Waals surface area contributed by atoms with Crippen molar-refractivity contribution in [1.82, 2.24) is 5.32 Å². The third-order valence-electron chi connectivity index (χ3n) is 3.22. The summed E-state index contributed by atoms with van der Waals surface area (Å²) in [4.78, 5) is 23.1. The van der Waals surface area contributed by atoms with Gasteiger partial charge in [0.25, 0.3) is 0 Å². The molecule has 0 aromatic carbocycles. The van der Waals surface area contributed by atoms with E-state index in [2.05, 4.69) is 0 Å². The maximum absolute atomic E-state index is 11.5. The molecule has 1 saturated heterocycles. The van der Waals surface area contributed by atoms with Crippen molar-refractivity contribution >= 4 is 11.8 Å². The van der Waals surface area contributed by atoms with Crippen LogP contribution in [0.4, 0.5) is 0 Å². The Bertz CT molecular complexity index is 387. The zero-order valence-electron chi connectivity index (χ0n) is 9.43. The molecule has 2 N–H and O–H groups in total. The average Bonchev–Trinajstić information content (AvgIpc) is 2.27. The molecule has 6 nitrogen and oxygen atoms in total. The number of hydrogen-bond acceptors (Lipinski definition) is 5. The Morgan fingerprint density at radius 3 is 2.12 bits per heavy atom. The van der Waals surface area contributed by atoms with Crippen molar-refractivity contribution in [3.05, 3.63) is 0 Å². The Morgan fingerprint density at radius 2 is 1.76 bits per heavy atom. The van der Waals surface area contributed by atoms with Crippen molar-refractivity contribution in [3.63, 3.8) is 0 Å². The lowest BCUT2D eigenvalue weighted by atomic mass is 9.63. The summed E-state index contributed by atoms with van der Waals surface area (Å²) >= 11 is 0. The smallest absolute Gasteiger partial charge is 0.244 e. The van der Waals surface area contributed by atoms with Gasteiger partial charge >= 0.3 is 0 Å². The molecular weight excluding hydrogens is 222 g/mol. The number of carbonyl (C=O) groups is 2. The van der Waals surface area contributed by atoms with Crippen molar-refractivity contribution in [2.75, 3.05) is 6.61 Å². The van der Waals surface area contributed by atoms with Crippen LogP contribution in [0.3, 0.4) is 0 Å². The fourth-order valence-electron chi connectivity index (χ4n) is 2.19. The predicted octanol–water partition coefficient (Wildman–Crippen LogP) is -0.299. The van der Waals surface area contributed by atoms with Gasteiger partial charge in [-0.25, -0.2) is 0 Å². The second-order valence-corrected chi connectivity index (χ2v) is 4.31. The van der Waals surface area contributed by atoms with Crippen LogP contribution in [0.2, 0.25) is 0 Å². The molecule has 6 heteroatoms. The maximum atomic E-state index is 11.5. The van der Waals surface area contributed by atoms with E-state index >= 15 is 0 Å². The zero-order chi connectivity index (χ0) is 13.1. The van der Waals surface area contributed by atoms with Crippen molar-refractivity contribution in [3.8, 4) is 12.1 Å². The Morgan fingerprint density at radius 1 is 1.29 bits per heavy atom. The molecule has 2 atom stereocenters. The monoisotopic (exact) mass is 235 g/mol. The lowest BCUT2D eigenvalue weighted by Crippen LogP contribution is -2.56. The van der Waals surface area contributed by atoms with E-state index < -0.39 is 29.1 Å². The molecule has 0 aliphatic carbocycles. The van der Waals surface area contributed by atoms with E-state index in [-0.39, 0.29) is 13.0 Å². The summed E-state index contributed by atoms with van der Waals surface area (Å²) in [6.45, 7) is 1.46. The van der Waals surface area contributed by atoms with Crippen LogP contribution >= 0.6 is 0 Å². The Labute approximate surface area is 98.8 Å². The number of rotatable bonds is 3. The SMILES string of the molecule is CC1(CCCO)C(C#N)C(=O)NC(=O)C1C#N. The van der Waals surface area contributed by atoms with Gasteiger partial charge in [0.1, 0.15) is 11.8 Å². The van der Waals surface area contributed by atoms with Crippen molar-refractivity contribution in [2.24, 2.45) is 17.3 Å². The lowest BCUT2D eigenvalue weighted by Gasteiger charge is -2.39. The summed E-state index contributed by atoms with van der Waals surface area (Å²) < 4.78 is 0. The first-order valence-electron chi connectivity index (χ1n) is 5.26. The van der Waals surface area contributed by atoms with Crippen molar-refractivity contribution in [1.29, 1.82) is 10.5 Å². The highest BCUT2D eigenvalue weighted by molar-refractivity contribution is 6.03. The van der Waals surface area contributed by atoms with E-state index in [0.717, 1.165) is 0 Å². The molecule has 1 heterocycles. The fourth-order valence-corrected chi connectivity index (χ4v) is 2.19. The van der Waals surface area contributed by atoms with Gasteiger partial charge in [-0.05, 0) is 12.8 Å². The van der Waals surface area contributed by atoms with Crippen LogP contribution in [0.5, 0.6) is 0 Å². The second kappa shape index (κ2) is 4.94. The highest BCUT2D eigenvalue weighted by Gasteiger charge is 2.52. The van der Waals surface area contributed by atoms with E-state index in [1.165, 1.54) is 0 Å². The van der Waals surface area contributed by atoms with Crippen LogP contribution in [0.15, 0.2) is 0 Å². The molecule has 0 bridgehead atoms. The average molecular weight is 235 g/mol. The highest BCUT2D eigenvalue weighted by atomic mass is 16.3. The first-order chi connectivity index (χ1) is 8.01. The number of carbonyl (C=O) groups excluding carboxylic acids is 2. The number of nitrogens with zero attached hydrogens (tertiary/aromatic N) is 2. The number of aliphatic hydroxyl groups excluding tert-OH is 1. The van der Waals surface area contributed by atoms with Crippen LogP contribution in [-0.2, 0) is 9.59 Å². The molecule has 90 valence electrons. The van der Waals surface area contributed by atoms with Crippen LogP contribution in [0.25, 0.3) is 0 Å². The summed E-state index contributed by atoms with van der Waals surface area (Å²) in [5.41, 5.74) is -1.04. The van der Waals surface area contributed by atoms with E-state index in [4.69, 9.17) is 15.6 Å². The quantitative estimate of drug-likeness (QED) is 0.652. The summed E-state index contributed by atoms with van der Waals surface area (Å²) in [7, 11) is 0. The number of hydrogen-bond donors (Lipinski definition) is 2. The number of piperidine rings is 1. The number of amides is 2. The fraction of sp³-hybridized carbons (Fsp3) is 0.636. The van der Waals surface area contributed by atoms with Gasteiger partial charge in [-0.15, -0.1) is 0 Å². The minimum absolute atomic E-state index is 0.109. The van der Waals surface area contributed by atoms with Crippen LogP contribution in [0.1, 0.15) is 19.8 Å². The molecular formula is C11H13N3O3. The van der Waals surface area contributed by atoms with Crippen LogP contribution in [-0.4, -0.2) is 23.5 Å². The van der Waals surface area contributed by atoms with E-state index in [1.54, 1.807) is 6.92 Å². The van der Waals surface area contributed by atoms with Gasteiger partial charge in [-0.2, -0.15) is 10.5 Å². The molecule has 0 spiro atoms. The third kappa shape index (κ3) is 2.13. The molecule has 1 fully saturated rings. The Hall–Kier alpha value is -1.92. The summed E-state index contributed by atoms with van der Waals surface area (Å²) in [6.07, 6.45) is 0.618. The predicted molar refractivity (Wildman–Crippen MR) is 55.8 cm³/mol. The molecule has 17 heavy (non-hydrogen) atoms. The molecule has 0 saturated carbocycles. The van der Waals surface area contributed by atoms with Crippen molar-refractivity contribution in [2.45, 2.75) is 19.8 Å². The minimum atomic E-state index is -1.05. The third-order valence-corrected chi connectivity index (χ3v) is 3.22. The molecule has 0 aromatic heterocycles. The van der Waals surface area contributed by atoms with Gasteiger partial charge in [0, 0.05) is 12.0 Å². The molecule has 0 aromatic rings. The number of aliphatic hydroxyl groups is 1. The number of nitriles is 2.